The highest BCUT2D eigenvalue weighted by Crippen LogP contribution is 2.16. The van der Waals surface area contributed by atoms with E-state index in [-0.39, 0.29) is 17.2 Å². The molecule has 0 atom stereocenters. The molecule has 0 fully saturated rings. The van der Waals surface area contributed by atoms with E-state index in [1.807, 2.05) is 6.07 Å². The standard InChI is InChI=1S/C11H8ClNO2/c1-7-2-9(6-14)8(5-13)3-10(7)11(15)4-12/h2-3,6H,4H2,1H3. The van der Waals surface area contributed by atoms with Crippen LogP contribution in [0.3, 0.4) is 0 Å². The Morgan fingerprint density at radius 3 is 2.73 bits per heavy atom. The normalized spacial score (nSPS) is 9.40. The van der Waals surface area contributed by atoms with Crippen LogP contribution in [0.1, 0.15) is 31.8 Å². The molecule has 0 saturated carbocycles. The zero-order chi connectivity index (χ0) is 11.4. The number of aldehydes is 1. The summed E-state index contributed by atoms with van der Waals surface area (Å²) in [5.41, 5.74) is 1.54. The lowest BCUT2D eigenvalue weighted by Crippen LogP contribution is -2.05. The van der Waals surface area contributed by atoms with Gasteiger partial charge in [0.15, 0.2) is 12.1 Å². The summed E-state index contributed by atoms with van der Waals surface area (Å²) in [7, 11) is 0. The molecule has 0 bridgehead atoms. The molecule has 0 heterocycles. The van der Waals surface area contributed by atoms with Crippen molar-refractivity contribution in [3.8, 4) is 6.07 Å². The second-order valence-corrected chi connectivity index (χ2v) is 3.31. The van der Waals surface area contributed by atoms with E-state index in [1.165, 1.54) is 12.1 Å². The van der Waals surface area contributed by atoms with Gasteiger partial charge in [0.2, 0.25) is 0 Å². The Morgan fingerprint density at radius 1 is 1.60 bits per heavy atom. The number of carbonyl (C=O) groups excluding carboxylic acids is 2. The number of carbonyl (C=O) groups is 2. The van der Waals surface area contributed by atoms with Crippen molar-refractivity contribution in [3.05, 3.63) is 34.4 Å². The van der Waals surface area contributed by atoms with Crippen LogP contribution in [-0.2, 0) is 0 Å². The first-order valence-electron chi connectivity index (χ1n) is 4.23. The predicted molar refractivity (Wildman–Crippen MR) is 56.3 cm³/mol. The lowest BCUT2D eigenvalue weighted by atomic mass is 9.98. The molecule has 0 radical (unpaired) electrons. The minimum absolute atomic E-state index is 0.133. The third kappa shape index (κ3) is 2.23. The maximum atomic E-state index is 11.4. The number of rotatable bonds is 3. The second kappa shape index (κ2) is 4.72. The molecule has 0 N–H and O–H groups in total. The summed E-state index contributed by atoms with van der Waals surface area (Å²) in [6, 6.07) is 4.79. The van der Waals surface area contributed by atoms with Gasteiger partial charge in [-0.2, -0.15) is 5.26 Å². The van der Waals surface area contributed by atoms with Crippen molar-refractivity contribution >= 4 is 23.7 Å². The zero-order valence-electron chi connectivity index (χ0n) is 8.08. The maximum absolute atomic E-state index is 11.4. The van der Waals surface area contributed by atoms with E-state index in [2.05, 4.69) is 0 Å². The second-order valence-electron chi connectivity index (χ2n) is 3.04. The number of hydrogen-bond donors (Lipinski definition) is 0. The average molecular weight is 222 g/mol. The van der Waals surface area contributed by atoms with Gasteiger partial charge in [-0.25, -0.2) is 0 Å². The smallest absolute Gasteiger partial charge is 0.177 e. The van der Waals surface area contributed by atoms with Gasteiger partial charge in [0, 0.05) is 11.1 Å². The minimum atomic E-state index is -0.247. The molecule has 0 aliphatic heterocycles. The third-order valence-corrected chi connectivity index (χ3v) is 2.31. The lowest BCUT2D eigenvalue weighted by molar-refractivity contribution is 0.101. The maximum Gasteiger partial charge on any atom is 0.177 e. The first-order chi connectivity index (χ1) is 7.13. The number of hydrogen-bond acceptors (Lipinski definition) is 3. The average Bonchev–Trinajstić information content (AvgIpc) is 2.27. The SMILES string of the molecule is Cc1cc(C=O)c(C#N)cc1C(=O)CCl. The quantitative estimate of drug-likeness (QED) is 0.446. The molecule has 1 aromatic carbocycles. The summed E-state index contributed by atoms with van der Waals surface area (Å²) < 4.78 is 0. The number of nitriles is 1. The van der Waals surface area contributed by atoms with E-state index in [4.69, 9.17) is 16.9 Å². The Balaban J connectivity index is 3.40. The van der Waals surface area contributed by atoms with Gasteiger partial charge in [-0.1, -0.05) is 0 Å². The van der Waals surface area contributed by atoms with Gasteiger partial charge in [-0.15, -0.1) is 11.6 Å². The predicted octanol–water partition coefficient (Wildman–Crippen LogP) is 2.10. The number of ketones is 1. The molecule has 0 saturated heterocycles. The molecule has 0 amide bonds. The van der Waals surface area contributed by atoms with E-state index >= 15 is 0 Å². The minimum Gasteiger partial charge on any atom is -0.298 e. The highest BCUT2D eigenvalue weighted by molar-refractivity contribution is 6.30. The Kier molecular flexibility index (Phi) is 3.59. The van der Waals surface area contributed by atoms with Crippen LogP contribution in [0, 0.1) is 18.3 Å². The van der Waals surface area contributed by atoms with Gasteiger partial charge < -0.3 is 0 Å². The number of halogens is 1. The Bertz CT molecular complexity index is 460. The zero-order valence-corrected chi connectivity index (χ0v) is 8.84. The first kappa shape index (κ1) is 11.4. The third-order valence-electron chi connectivity index (χ3n) is 2.07. The molecule has 76 valence electrons. The van der Waals surface area contributed by atoms with Gasteiger partial charge in [0.25, 0.3) is 0 Å². The van der Waals surface area contributed by atoms with Crippen molar-refractivity contribution in [1.29, 1.82) is 5.26 Å². The monoisotopic (exact) mass is 221 g/mol. The molecule has 4 heteroatoms. The molecule has 0 spiro atoms. The highest BCUT2D eigenvalue weighted by atomic mass is 35.5. The molecule has 0 unspecified atom stereocenters. The number of benzene rings is 1. The Labute approximate surface area is 92.3 Å². The summed E-state index contributed by atoms with van der Waals surface area (Å²) in [6.07, 6.45) is 0.598. The van der Waals surface area contributed by atoms with Crippen molar-refractivity contribution in [2.75, 3.05) is 5.88 Å². The lowest BCUT2D eigenvalue weighted by Gasteiger charge is -2.05. The van der Waals surface area contributed by atoms with Crippen molar-refractivity contribution in [2.45, 2.75) is 6.92 Å². The molecule has 3 nitrogen and oxygen atoms in total. The highest BCUT2D eigenvalue weighted by Gasteiger charge is 2.11. The molecule has 1 rings (SSSR count). The number of aryl methyl sites for hydroxylation is 1. The van der Waals surface area contributed by atoms with Crippen LogP contribution >= 0.6 is 11.6 Å². The molecule has 0 aliphatic carbocycles. The van der Waals surface area contributed by atoms with E-state index in [0.717, 1.165) is 0 Å². The molecule has 0 aromatic heterocycles. The van der Waals surface area contributed by atoms with Gasteiger partial charge >= 0.3 is 0 Å². The van der Waals surface area contributed by atoms with E-state index in [0.29, 0.717) is 23.0 Å². The topological polar surface area (TPSA) is 57.9 Å². The first-order valence-corrected chi connectivity index (χ1v) is 4.76. The van der Waals surface area contributed by atoms with Crippen molar-refractivity contribution in [3.63, 3.8) is 0 Å². The Hall–Kier alpha value is -1.66. The molecular formula is C11H8ClNO2. The fraction of sp³-hybridized carbons (Fsp3) is 0.182. The van der Waals surface area contributed by atoms with Gasteiger partial charge in [0.1, 0.15) is 0 Å². The van der Waals surface area contributed by atoms with Crippen LogP contribution in [-0.4, -0.2) is 17.9 Å². The van der Waals surface area contributed by atoms with E-state index < -0.39 is 0 Å². The van der Waals surface area contributed by atoms with E-state index in [1.54, 1.807) is 6.92 Å². The molecule has 15 heavy (non-hydrogen) atoms. The summed E-state index contributed by atoms with van der Waals surface area (Å²) in [5, 5.41) is 8.77. The van der Waals surface area contributed by atoms with Crippen LogP contribution in [0.25, 0.3) is 0 Å². The fourth-order valence-electron chi connectivity index (χ4n) is 1.30. The summed E-state index contributed by atoms with van der Waals surface area (Å²) in [4.78, 5) is 22.0. The van der Waals surface area contributed by atoms with Crippen LogP contribution in [0.5, 0.6) is 0 Å². The Morgan fingerprint density at radius 2 is 2.27 bits per heavy atom. The van der Waals surface area contributed by atoms with Crippen LogP contribution in [0.4, 0.5) is 0 Å². The fourth-order valence-corrected chi connectivity index (χ4v) is 1.44. The van der Waals surface area contributed by atoms with Crippen molar-refractivity contribution in [1.82, 2.24) is 0 Å². The van der Waals surface area contributed by atoms with E-state index in [9.17, 15) is 9.59 Å². The van der Waals surface area contributed by atoms with Crippen LogP contribution in [0.15, 0.2) is 12.1 Å². The molecular weight excluding hydrogens is 214 g/mol. The molecule has 1 aromatic rings. The van der Waals surface area contributed by atoms with Crippen LogP contribution < -0.4 is 0 Å². The summed E-state index contributed by atoms with van der Waals surface area (Å²) in [5.74, 6) is -0.380. The summed E-state index contributed by atoms with van der Waals surface area (Å²) in [6.45, 7) is 1.70. The van der Waals surface area contributed by atoms with Gasteiger partial charge in [-0.05, 0) is 24.6 Å². The number of nitrogens with zero attached hydrogens (tertiary/aromatic N) is 1. The number of Topliss-reactive ketones (excluding diaryl/α,β-unsaturated/α-hetero) is 1. The summed E-state index contributed by atoms with van der Waals surface area (Å²) >= 11 is 5.43. The van der Waals surface area contributed by atoms with Gasteiger partial charge in [-0.3, -0.25) is 9.59 Å². The largest absolute Gasteiger partial charge is 0.298 e. The van der Waals surface area contributed by atoms with Gasteiger partial charge in [0.05, 0.1) is 17.5 Å². The molecule has 0 aliphatic rings. The van der Waals surface area contributed by atoms with Crippen LogP contribution in [0.2, 0.25) is 0 Å². The number of alkyl halides is 1. The van der Waals surface area contributed by atoms with Crippen molar-refractivity contribution in [2.24, 2.45) is 0 Å². The van der Waals surface area contributed by atoms with Crippen molar-refractivity contribution < 1.29 is 9.59 Å².